The molecule has 0 aliphatic heterocycles. The fourth-order valence-electron chi connectivity index (χ4n) is 0.849. The molecule has 0 bridgehead atoms. The molecule has 1 N–H and O–H groups in total. The number of hydrogen-bond acceptors (Lipinski definition) is 3. The zero-order valence-corrected chi connectivity index (χ0v) is 9.22. The standard InChI is InChI=1S/C9H7Cl2NO3/c1-5(13)12-15-9(14)6-2-7(10)4-8(11)3-6/h2-4H,1H3,(H,12,13). The maximum absolute atomic E-state index is 11.3. The lowest BCUT2D eigenvalue weighted by Gasteiger charge is -2.03. The third-order valence-electron chi connectivity index (χ3n) is 1.39. The van der Waals surface area contributed by atoms with Crippen molar-refractivity contribution in [3.8, 4) is 0 Å². The van der Waals surface area contributed by atoms with E-state index < -0.39 is 11.9 Å². The molecule has 15 heavy (non-hydrogen) atoms. The SMILES string of the molecule is CC(=O)NOC(=O)c1cc(Cl)cc(Cl)c1. The topological polar surface area (TPSA) is 55.4 Å². The number of nitrogens with one attached hydrogen (secondary N) is 1. The molecule has 1 aromatic carbocycles. The average molecular weight is 248 g/mol. The Morgan fingerprint density at radius 3 is 2.20 bits per heavy atom. The molecule has 1 rings (SSSR count). The van der Waals surface area contributed by atoms with Crippen LogP contribution < -0.4 is 5.48 Å². The fourth-order valence-corrected chi connectivity index (χ4v) is 1.37. The monoisotopic (exact) mass is 247 g/mol. The van der Waals surface area contributed by atoms with Crippen LogP contribution in [0.4, 0.5) is 0 Å². The highest BCUT2D eigenvalue weighted by Crippen LogP contribution is 2.19. The van der Waals surface area contributed by atoms with Crippen LogP contribution in [0.15, 0.2) is 18.2 Å². The Labute approximate surface area is 96.1 Å². The maximum Gasteiger partial charge on any atom is 0.363 e. The minimum absolute atomic E-state index is 0.168. The van der Waals surface area contributed by atoms with Gasteiger partial charge in [0.1, 0.15) is 0 Å². The van der Waals surface area contributed by atoms with Gasteiger partial charge in [0.15, 0.2) is 0 Å². The molecular formula is C9H7Cl2NO3. The Bertz CT molecular complexity index is 386. The summed E-state index contributed by atoms with van der Waals surface area (Å²) in [5.74, 6) is -1.20. The predicted octanol–water partition coefficient (Wildman–Crippen LogP) is 2.20. The summed E-state index contributed by atoms with van der Waals surface area (Å²) in [6.45, 7) is 1.22. The van der Waals surface area contributed by atoms with Gasteiger partial charge < -0.3 is 4.84 Å². The van der Waals surface area contributed by atoms with Crippen molar-refractivity contribution < 1.29 is 14.4 Å². The van der Waals surface area contributed by atoms with E-state index in [2.05, 4.69) is 4.84 Å². The highest BCUT2D eigenvalue weighted by atomic mass is 35.5. The Hall–Kier alpha value is -1.26. The largest absolute Gasteiger partial charge is 0.363 e. The molecule has 6 heteroatoms. The second-order valence-electron chi connectivity index (χ2n) is 2.71. The van der Waals surface area contributed by atoms with Crippen LogP contribution in [0, 0.1) is 0 Å². The van der Waals surface area contributed by atoms with E-state index in [1.54, 1.807) is 0 Å². The third kappa shape index (κ3) is 3.77. The van der Waals surface area contributed by atoms with Gasteiger partial charge in [0.05, 0.1) is 5.56 Å². The molecule has 0 saturated carbocycles. The first-order valence-electron chi connectivity index (χ1n) is 3.93. The molecule has 0 heterocycles. The molecule has 0 aliphatic rings. The molecule has 0 spiro atoms. The van der Waals surface area contributed by atoms with Crippen molar-refractivity contribution in [1.29, 1.82) is 0 Å². The molecule has 0 atom stereocenters. The first kappa shape index (κ1) is 11.8. The molecule has 0 unspecified atom stereocenters. The van der Waals surface area contributed by atoms with E-state index in [1.807, 2.05) is 5.48 Å². The Morgan fingerprint density at radius 2 is 1.73 bits per heavy atom. The Morgan fingerprint density at radius 1 is 1.20 bits per heavy atom. The number of rotatable bonds is 1. The minimum Gasteiger partial charge on any atom is -0.335 e. The number of hydroxylamine groups is 1. The van der Waals surface area contributed by atoms with Crippen molar-refractivity contribution in [2.45, 2.75) is 6.92 Å². The van der Waals surface area contributed by atoms with Crippen LogP contribution in [0.2, 0.25) is 10.0 Å². The van der Waals surface area contributed by atoms with Gasteiger partial charge in [-0.05, 0) is 18.2 Å². The summed E-state index contributed by atoms with van der Waals surface area (Å²) in [7, 11) is 0. The van der Waals surface area contributed by atoms with Gasteiger partial charge in [-0.15, -0.1) is 0 Å². The van der Waals surface area contributed by atoms with Gasteiger partial charge in [-0.3, -0.25) is 4.79 Å². The van der Waals surface area contributed by atoms with Crippen LogP contribution in [0.3, 0.4) is 0 Å². The molecule has 0 aromatic heterocycles. The summed E-state index contributed by atoms with van der Waals surface area (Å²) in [6, 6.07) is 4.26. The lowest BCUT2D eigenvalue weighted by Crippen LogP contribution is -2.24. The van der Waals surface area contributed by atoms with E-state index in [1.165, 1.54) is 25.1 Å². The van der Waals surface area contributed by atoms with E-state index in [9.17, 15) is 9.59 Å². The number of halogens is 2. The molecule has 0 radical (unpaired) electrons. The fraction of sp³-hybridized carbons (Fsp3) is 0.111. The van der Waals surface area contributed by atoms with Crippen molar-refractivity contribution in [2.24, 2.45) is 0 Å². The van der Waals surface area contributed by atoms with Crippen LogP contribution >= 0.6 is 23.2 Å². The first-order chi connectivity index (χ1) is 6.99. The normalized spacial score (nSPS) is 9.53. The summed E-state index contributed by atoms with van der Waals surface area (Å²) in [4.78, 5) is 26.2. The Kier molecular flexibility index (Phi) is 3.94. The van der Waals surface area contributed by atoms with Crippen molar-refractivity contribution in [2.75, 3.05) is 0 Å². The molecule has 1 amide bonds. The molecule has 4 nitrogen and oxygen atoms in total. The molecule has 0 saturated heterocycles. The molecule has 0 aliphatic carbocycles. The van der Waals surface area contributed by atoms with Gasteiger partial charge >= 0.3 is 5.97 Å². The first-order valence-corrected chi connectivity index (χ1v) is 4.68. The summed E-state index contributed by atoms with van der Waals surface area (Å²) >= 11 is 11.4. The van der Waals surface area contributed by atoms with Gasteiger partial charge in [0, 0.05) is 17.0 Å². The number of benzene rings is 1. The molecule has 0 fully saturated rings. The number of amides is 1. The number of carbonyl (C=O) groups is 2. The van der Waals surface area contributed by atoms with E-state index in [-0.39, 0.29) is 5.56 Å². The van der Waals surface area contributed by atoms with Gasteiger partial charge in [-0.25, -0.2) is 4.79 Å². The van der Waals surface area contributed by atoms with Gasteiger partial charge in [-0.1, -0.05) is 23.2 Å². The smallest absolute Gasteiger partial charge is 0.335 e. The van der Waals surface area contributed by atoms with Crippen molar-refractivity contribution in [3.05, 3.63) is 33.8 Å². The lowest BCUT2D eigenvalue weighted by molar-refractivity contribution is -0.127. The zero-order valence-electron chi connectivity index (χ0n) is 7.71. The molecule has 1 aromatic rings. The Balaban J connectivity index is 2.77. The number of hydrogen-bond donors (Lipinski definition) is 1. The summed E-state index contributed by atoms with van der Waals surface area (Å²) in [5, 5.41) is 0.634. The van der Waals surface area contributed by atoms with Crippen molar-refractivity contribution in [1.82, 2.24) is 5.48 Å². The van der Waals surface area contributed by atoms with Crippen LogP contribution in [-0.4, -0.2) is 11.9 Å². The predicted molar refractivity (Wildman–Crippen MR) is 55.7 cm³/mol. The van der Waals surface area contributed by atoms with E-state index in [4.69, 9.17) is 23.2 Å². The second-order valence-corrected chi connectivity index (χ2v) is 3.58. The highest BCUT2D eigenvalue weighted by molar-refractivity contribution is 6.35. The van der Waals surface area contributed by atoms with Crippen LogP contribution in [-0.2, 0) is 9.63 Å². The van der Waals surface area contributed by atoms with Crippen molar-refractivity contribution in [3.63, 3.8) is 0 Å². The average Bonchev–Trinajstić information content (AvgIpc) is 2.12. The van der Waals surface area contributed by atoms with Crippen LogP contribution in [0.1, 0.15) is 17.3 Å². The number of carbonyl (C=O) groups excluding carboxylic acids is 2. The molecular weight excluding hydrogens is 241 g/mol. The quantitative estimate of drug-likeness (QED) is 0.775. The maximum atomic E-state index is 11.3. The van der Waals surface area contributed by atoms with Crippen LogP contribution in [0.25, 0.3) is 0 Å². The zero-order chi connectivity index (χ0) is 11.4. The highest BCUT2D eigenvalue weighted by Gasteiger charge is 2.10. The van der Waals surface area contributed by atoms with E-state index >= 15 is 0 Å². The van der Waals surface area contributed by atoms with E-state index in [0.29, 0.717) is 10.0 Å². The van der Waals surface area contributed by atoms with E-state index in [0.717, 1.165) is 0 Å². The third-order valence-corrected chi connectivity index (χ3v) is 1.82. The van der Waals surface area contributed by atoms with Crippen molar-refractivity contribution >= 4 is 35.1 Å². The summed E-state index contributed by atoms with van der Waals surface area (Å²) < 4.78 is 0. The summed E-state index contributed by atoms with van der Waals surface area (Å²) in [5.41, 5.74) is 2.08. The van der Waals surface area contributed by atoms with Gasteiger partial charge in [0.25, 0.3) is 0 Å². The summed E-state index contributed by atoms with van der Waals surface area (Å²) in [6.07, 6.45) is 0. The van der Waals surface area contributed by atoms with Gasteiger partial charge in [0.2, 0.25) is 5.91 Å². The van der Waals surface area contributed by atoms with Crippen LogP contribution in [0.5, 0.6) is 0 Å². The van der Waals surface area contributed by atoms with Gasteiger partial charge in [-0.2, -0.15) is 5.48 Å². The second kappa shape index (κ2) is 5.00. The molecule has 80 valence electrons. The minimum atomic E-state index is -0.727. The lowest BCUT2D eigenvalue weighted by atomic mass is 10.2.